The normalized spacial score (nSPS) is 22.7. The Balaban J connectivity index is 1.50. The molecule has 0 aromatic heterocycles. The van der Waals surface area contributed by atoms with Crippen LogP contribution >= 0.6 is 23.5 Å². The van der Waals surface area contributed by atoms with Crippen molar-refractivity contribution in [2.75, 3.05) is 0 Å². The number of carbonyl (C=O) groups is 2. The number of ketones is 2. The molecule has 0 amide bonds. The lowest BCUT2D eigenvalue weighted by Gasteiger charge is -2.29. The van der Waals surface area contributed by atoms with Gasteiger partial charge in [0, 0.05) is 9.79 Å². The lowest BCUT2D eigenvalue weighted by Crippen LogP contribution is -2.25. The van der Waals surface area contributed by atoms with E-state index in [-0.39, 0.29) is 44.3 Å². The van der Waals surface area contributed by atoms with E-state index in [9.17, 15) is 19.8 Å². The molecule has 0 bridgehead atoms. The molecule has 34 heavy (non-hydrogen) atoms. The fourth-order valence-corrected chi connectivity index (χ4v) is 7.05. The molecule has 2 heterocycles. The van der Waals surface area contributed by atoms with Gasteiger partial charge in [0.1, 0.15) is 11.5 Å². The zero-order valence-corrected chi connectivity index (χ0v) is 19.0. The number of rotatable bonds is 0. The van der Waals surface area contributed by atoms with Gasteiger partial charge in [0.15, 0.2) is 5.78 Å². The van der Waals surface area contributed by atoms with Gasteiger partial charge in [-0.25, -0.2) is 9.98 Å². The highest BCUT2D eigenvalue weighted by Crippen LogP contribution is 2.53. The van der Waals surface area contributed by atoms with E-state index in [0.717, 1.165) is 11.4 Å². The van der Waals surface area contributed by atoms with E-state index in [1.54, 1.807) is 0 Å². The number of benzene rings is 2. The van der Waals surface area contributed by atoms with Gasteiger partial charge in [0.05, 0.1) is 55.6 Å². The molecular weight excluding hydrogens is 468 g/mol. The maximum absolute atomic E-state index is 14.0. The number of hydrogen-bond donors (Lipinski definition) is 2. The molecule has 2 aliphatic heterocycles. The number of nitrogens with zero attached hydrogens (tertiary/aromatic N) is 2. The fraction of sp³-hybridized carbons (Fsp3) is 0.0769. The van der Waals surface area contributed by atoms with Crippen molar-refractivity contribution >= 4 is 57.9 Å². The third-order valence-corrected chi connectivity index (χ3v) is 8.73. The van der Waals surface area contributed by atoms with Crippen LogP contribution in [-0.4, -0.2) is 43.7 Å². The Bertz CT molecular complexity index is 1460. The Kier molecular flexibility index (Phi) is 4.05. The van der Waals surface area contributed by atoms with Crippen LogP contribution in [0.25, 0.3) is 0 Å². The first-order valence-corrected chi connectivity index (χ1v) is 12.4. The van der Waals surface area contributed by atoms with Crippen LogP contribution in [0.3, 0.4) is 0 Å². The summed E-state index contributed by atoms with van der Waals surface area (Å²) in [5.74, 6) is -1.67. The van der Waals surface area contributed by atoms with Gasteiger partial charge in [0.2, 0.25) is 5.78 Å². The average molecular weight is 483 g/mol. The van der Waals surface area contributed by atoms with E-state index < -0.39 is 11.6 Å². The predicted octanol–water partition coefficient (Wildman–Crippen LogP) is 5.22. The Hall–Kier alpha value is -3.62. The van der Waals surface area contributed by atoms with Gasteiger partial charge < -0.3 is 10.2 Å². The van der Waals surface area contributed by atoms with Crippen LogP contribution < -0.4 is 0 Å². The number of aliphatic imine (C=N–C) groups is 2. The molecule has 8 heteroatoms. The van der Waals surface area contributed by atoms with Crippen LogP contribution in [-0.2, 0) is 0 Å². The Morgan fingerprint density at radius 2 is 1.09 bits per heavy atom. The van der Waals surface area contributed by atoms with Crippen LogP contribution in [0, 0.1) is 0 Å². The zero-order chi connectivity index (χ0) is 23.1. The number of phenols is 2. The van der Waals surface area contributed by atoms with Crippen molar-refractivity contribution < 1.29 is 19.8 Å². The van der Waals surface area contributed by atoms with Gasteiger partial charge in [-0.15, -0.1) is 23.5 Å². The van der Waals surface area contributed by atoms with Crippen molar-refractivity contribution in [2.24, 2.45) is 9.98 Å². The van der Waals surface area contributed by atoms with Crippen molar-refractivity contribution in [3.8, 4) is 11.5 Å². The summed E-state index contributed by atoms with van der Waals surface area (Å²) in [6.45, 7) is 0. The number of phenolic OH excluding ortho intramolecular Hbond substituents is 2. The summed E-state index contributed by atoms with van der Waals surface area (Å²) < 4.78 is 0. The maximum atomic E-state index is 14.0. The molecule has 2 atom stereocenters. The molecule has 2 aromatic carbocycles. The molecule has 0 saturated carbocycles. The van der Waals surface area contributed by atoms with E-state index in [2.05, 4.69) is 0 Å². The topological polar surface area (TPSA) is 99.3 Å². The second-order valence-corrected chi connectivity index (χ2v) is 10.6. The summed E-state index contributed by atoms with van der Waals surface area (Å²) in [5, 5.41) is 21.6. The Morgan fingerprint density at radius 3 is 1.56 bits per heavy atom. The quantitative estimate of drug-likeness (QED) is 0.456. The van der Waals surface area contributed by atoms with Crippen LogP contribution in [0.2, 0.25) is 0 Å². The largest absolute Gasteiger partial charge is 0.507 e. The molecule has 2 aromatic rings. The van der Waals surface area contributed by atoms with Crippen LogP contribution in [0.15, 0.2) is 80.5 Å². The number of hydrogen-bond acceptors (Lipinski definition) is 8. The van der Waals surface area contributed by atoms with Gasteiger partial charge >= 0.3 is 0 Å². The zero-order valence-electron chi connectivity index (χ0n) is 17.4. The monoisotopic (exact) mass is 482 g/mol. The molecule has 164 valence electrons. The Morgan fingerprint density at radius 1 is 0.647 bits per heavy atom. The highest BCUT2D eigenvalue weighted by atomic mass is 32.2. The summed E-state index contributed by atoms with van der Waals surface area (Å²) in [5.41, 5.74) is 2.17. The third-order valence-electron chi connectivity index (χ3n) is 6.30. The summed E-state index contributed by atoms with van der Waals surface area (Å²) in [7, 11) is 0. The first-order valence-electron chi connectivity index (χ1n) is 10.6. The molecule has 3 aliphatic carbocycles. The van der Waals surface area contributed by atoms with Gasteiger partial charge in [-0.1, -0.05) is 36.5 Å². The van der Waals surface area contributed by atoms with Crippen LogP contribution in [0.5, 0.6) is 11.5 Å². The minimum atomic E-state index is -0.608. The first kappa shape index (κ1) is 19.8. The molecule has 2 unspecified atom stereocenters. The predicted molar refractivity (Wildman–Crippen MR) is 133 cm³/mol. The smallest absolute Gasteiger partial charge is 0.202 e. The second kappa shape index (κ2) is 6.94. The minimum Gasteiger partial charge on any atom is -0.507 e. The molecule has 6 nitrogen and oxygen atoms in total. The molecule has 0 saturated heterocycles. The minimum absolute atomic E-state index is 0.0284. The van der Waals surface area contributed by atoms with E-state index in [4.69, 9.17) is 9.98 Å². The SMILES string of the molecule is O=C1c2c(O)cc3c(c2C(=O)c2c4c(cc(O)c21)SC1C=CC=CC1=N4)N=C1C=CC=CC1S3. The summed E-state index contributed by atoms with van der Waals surface area (Å²) >= 11 is 2.94. The van der Waals surface area contributed by atoms with Crippen molar-refractivity contribution in [1.29, 1.82) is 0 Å². The van der Waals surface area contributed by atoms with Gasteiger partial charge in [-0.3, -0.25) is 9.59 Å². The fourth-order valence-electron chi connectivity index (χ4n) is 4.78. The third kappa shape index (κ3) is 2.60. The van der Waals surface area contributed by atoms with Gasteiger partial charge in [-0.05, 0) is 24.3 Å². The highest BCUT2D eigenvalue weighted by molar-refractivity contribution is 8.01. The summed E-state index contributed by atoms with van der Waals surface area (Å²) in [6.07, 6.45) is 15.4. The molecule has 0 fully saturated rings. The lowest BCUT2D eigenvalue weighted by atomic mass is 9.81. The van der Waals surface area contributed by atoms with E-state index in [1.807, 2.05) is 48.6 Å². The summed E-state index contributed by atoms with van der Waals surface area (Å²) in [4.78, 5) is 38.3. The lowest BCUT2D eigenvalue weighted by molar-refractivity contribution is 0.0974. The molecule has 0 spiro atoms. The number of thioether (sulfide) groups is 2. The summed E-state index contributed by atoms with van der Waals surface area (Å²) in [6, 6.07) is 2.97. The average Bonchev–Trinajstić information content (AvgIpc) is 2.83. The van der Waals surface area contributed by atoms with E-state index in [0.29, 0.717) is 21.2 Å². The van der Waals surface area contributed by atoms with Gasteiger partial charge in [-0.2, -0.15) is 0 Å². The number of allylic oxidation sites excluding steroid dienone is 6. The van der Waals surface area contributed by atoms with Crippen molar-refractivity contribution in [3.63, 3.8) is 0 Å². The highest BCUT2D eigenvalue weighted by Gasteiger charge is 2.42. The van der Waals surface area contributed by atoms with Crippen LogP contribution in [0.4, 0.5) is 11.4 Å². The maximum Gasteiger partial charge on any atom is 0.202 e. The molecule has 0 radical (unpaired) electrons. The molecule has 5 aliphatic rings. The second-order valence-electron chi connectivity index (χ2n) is 8.28. The van der Waals surface area contributed by atoms with E-state index in [1.165, 1.54) is 35.7 Å². The van der Waals surface area contributed by atoms with E-state index >= 15 is 0 Å². The standard InChI is InChI=1S/C26H14N2O4S2/c29-13-9-17-23(27-11-5-1-3-7-15(11)33-17)21-19(13)25(31)20-14(30)10-18-24(22(20)26(21)32)28-12-6-2-4-8-16(12)34-18/h1-10,15-16,29-30H. The molecule has 2 N–H and O–H groups in total. The Labute approximate surface area is 202 Å². The van der Waals surface area contributed by atoms with Crippen molar-refractivity contribution in [2.45, 2.75) is 20.3 Å². The number of carbonyl (C=O) groups excluding carboxylic acids is 2. The molecule has 7 rings (SSSR count). The van der Waals surface area contributed by atoms with Crippen molar-refractivity contribution in [1.82, 2.24) is 0 Å². The molecular formula is C26H14N2O4S2. The van der Waals surface area contributed by atoms with Crippen LogP contribution in [0.1, 0.15) is 31.8 Å². The van der Waals surface area contributed by atoms with Crippen molar-refractivity contribution in [3.05, 3.63) is 83.0 Å². The number of fused-ring (bicyclic) bond motifs is 8. The van der Waals surface area contributed by atoms with Gasteiger partial charge in [0.25, 0.3) is 0 Å². The first-order chi connectivity index (χ1) is 16.5. The number of aromatic hydroxyl groups is 2.